The van der Waals surface area contributed by atoms with E-state index in [-0.39, 0.29) is 24.5 Å². The van der Waals surface area contributed by atoms with Crippen molar-refractivity contribution < 1.29 is 19.3 Å². The fourth-order valence-electron chi connectivity index (χ4n) is 5.87. The van der Waals surface area contributed by atoms with Crippen LogP contribution in [0.25, 0.3) is 11.1 Å². The van der Waals surface area contributed by atoms with E-state index in [4.69, 9.17) is 14.2 Å². The van der Waals surface area contributed by atoms with E-state index in [1.54, 1.807) is 7.11 Å². The lowest BCUT2D eigenvalue weighted by molar-refractivity contribution is -0.183. The number of aliphatic hydroxyl groups is 1. The van der Waals surface area contributed by atoms with Crippen molar-refractivity contribution in [3.8, 4) is 16.9 Å². The zero-order valence-electron chi connectivity index (χ0n) is 21.2. The summed E-state index contributed by atoms with van der Waals surface area (Å²) in [5.41, 5.74) is 4.70. The standard InChI is InChI=1S/C30H35N3O4/c1-35-25-10-6-5-9-24(25)32-15-17-33(18-16-32)28-29(34)27(26-20-36-30(28)37-26)31-19-21-11-13-23(14-12-21)22-7-3-2-4-8-22/h2-14,26-31,34H,15-20H2,1H3/t26-,27-,28-,29+,30-/m1/s1. The number of benzene rings is 3. The van der Waals surface area contributed by atoms with Crippen molar-refractivity contribution in [2.45, 2.75) is 37.1 Å². The van der Waals surface area contributed by atoms with Gasteiger partial charge in [0, 0.05) is 32.7 Å². The van der Waals surface area contributed by atoms with Gasteiger partial charge in [-0.3, -0.25) is 4.90 Å². The Morgan fingerprint density at radius 2 is 1.59 bits per heavy atom. The predicted octanol–water partition coefficient (Wildman–Crippen LogP) is 3.13. The largest absolute Gasteiger partial charge is 0.495 e. The first kappa shape index (κ1) is 24.4. The van der Waals surface area contributed by atoms with E-state index < -0.39 is 6.10 Å². The van der Waals surface area contributed by atoms with E-state index in [1.807, 2.05) is 24.3 Å². The van der Waals surface area contributed by atoms with Crippen LogP contribution in [-0.2, 0) is 16.0 Å². The second kappa shape index (κ2) is 10.8. The maximum Gasteiger partial charge on any atom is 0.176 e. The van der Waals surface area contributed by atoms with Crippen LogP contribution in [-0.4, -0.2) is 80.5 Å². The zero-order chi connectivity index (χ0) is 25.2. The molecule has 0 spiro atoms. The molecule has 2 bridgehead atoms. The van der Waals surface area contributed by atoms with Gasteiger partial charge in [0.05, 0.1) is 37.6 Å². The van der Waals surface area contributed by atoms with Gasteiger partial charge in [0.1, 0.15) is 11.9 Å². The first-order valence-electron chi connectivity index (χ1n) is 13.2. The second-order valence-electron chi connectivity index (χ2n) is 10.0. The lowest BCUT2D eigenvalue weighted by Gasteiger charge is -2.47. The van der Waals surface area contributed by atoms with E-state index in [1.165, 1.54) is 16.7 Å². The molecule has 2 N–H and O–H groups in total. The van der Waals surface area contributed by atoms with Crippen molar-refractivity contribution in [2.24, 2.45) is 0 Å². The van der Waals surface area contributed by atoms with Crippen LogP contribution >= 0.6 is 0 Å². The highest BCUT2D eigenvalue weighted by atomic mass is 16.7. The minimum absolute atomic E-state index is 0.144. The first-order valence-corrected chi connectivity index (χ1v) is 13.2. The molecule has 7 nitrogen and oxygen atoms in total. The van der Waals surface area contributed by atoms with E-state index in [0.717, 1.165) is 37.6 Å². The molecule has 3 fully saturated rings. The lowest BCUT2D eigenvalue weighted by Crippen LogP contribution is -2.66. The molecule has 0 aromatic heterocycles. The highest BCUT2D eigenvalue weighted by Gasteiger charge is 2.52. The number of nitrogens with zero attached hydrogens (tertiary/aromatic N) is 2. The summed E-state index contributed by atoms with van der Waals surface area (Å²) in [4.78, 5) is 4.67. The molecule has 0 radical (unpaired) electrons. The van der Waals surface area contributed by atoms with Crippen molar-refractivity contribution in [1.82, 2.24) is 10.2 Å². The van der Waals surface area contributed by atoms with Crippen molar-refractivity contribution in [3.63, 3.8) is 0 Å². The number of rotatable bonds is 7. The van der Waals surface area contributed by atoms with E-state index in [9.17, 15) is 5.11 Å². The van der Waals surface area contributed by atoms with Crippen LogP contribution in [0.1, 0.15) is 5.56 Å². The van der Waals surface area contributed by atoms with Gasteiger partial charge in [-0.15, -0.1) is 0 Å². The molecule has 0 aliphatic carbocycles. The number of hydrogen-bond acceptors (Lipinski definition) is 7. The maximum atomic E-state index is 11.5. The molecule has 37 heavy (non-hydrogen) atoms. The van der Waals surface area contributed by atoms with Crippen molar-refractivity contribution in [1.29, 1.82) is 0 Å². The number of ether oxygens (including phenoxy) is 3. The summed E-state index contributed by atoms with van der Waals surface area (Å²) in [7, 11) is 1.71. The highest BCUT2D eigenvalue weighted by Crippen LogP contribution is 2.34. The summed E-state index contributed by atoms with van der Waals surface area (Å²) in [6, 6.07) is 26.7. The Hall–Kier alpha value is -2.94. The number of para-hydroxylation sites is 2. The summed E-state index contributed by atoms with van der Waals surface area (Å²) < 4.78 is 17.8. The normalized spacial score (nSPS) is 27.8. The van der Waals surface area contributed by atoms with Crippen LogP contribution in [0.5, 0.6) is 5.75 Å². The van der Waals surface area contributed by atoms with Gasteiger partial charge in [0.25, 0.3) is 0 Å². The number of methoxy groups -OCH3 is 1. The molecule has 3 heterocycles. The molecule has 3 aliphatic rings. The van der Waals surface area contributed by atoms with Gasteiger partial charge in [0.15, 0.2) is 6.29 Å². The number of nitrogens with one attached hydrogen (secondary N) is 1. The molecule has 0 unspecified atom stereocenters. The Morgan fingerprint density at radius 1 is 0.892 bits per heavy atom. The second-order valence-corrected chi connectivity index (χ2v) is 10.0. The van der Waals surface area contributed by atoms with Crippen LogP contribution in [0.15, 0.2) is 78.9 Å². The van der Waals surface area contributed by atoms with Crippen LogP contribution in [0.2, 0.25) is 0 Å². The average Bonchev–Trinajstić information content (AvgIpc) is 3.39. The number of piperazine rings is 1. The molecular formula is C30H35N3O4. The molecule has 0 saturated carbocycles. The van der Waals surface area contributed by atoms with Crippen LogP contribution in [0, 0.1) is 0 Å². The van der Waals surface area contributed by atoms with Gasteiger partial charge < -0.3 is 29.5 Å². The molecule has 5 atom stereocenters. The smallest absolute Gasteiger partial charge is 0.176 e. The van der Waals surface area contributed by atoms with Gasteiger partial charge in [-0.25, -0.2) is 0 Å². The third-order valence-corrected chi connectivity index (χ3v) is 7.90. The summed E-state index contributed by atoms with van der Waals surface area (Å²) >= 11 is 0. The van der Waals surface area contributed by atoms with Crippen molar-refractivity contribution >= 4 is 5.69 Å². The number of fused-ring (bicyclic) bond motifs is 2. The van der Waals surface area contributed by atoms with Crippen molar-refractivity contribution in [2.75, 3.05) is 44.8 Å². The van der Waals surface area contributed by atoms with E-state index in [0.29, 0.717) is 13.2 Å². The lowest BCUT2D eigenvalue weighted by atomic mass is 9.94. The Kier molecular flexibility index (Phi) is 7.13. The Labute approximate surface area is 218 Å². The molecule has 6 rings (SSSR count). The fourth-order valence-corrected chi connectivity index (χ4v) is 5.87. The zero-order valence-corrected chi connectivity index (χ0v) is 21.2. The maximum absolute atomic E-state index is 11.5. The Morgan fingerprint density at radius 3 is 2.35 bits per heavy atom. The monoisotopic (exact) mass is 501 g/mol. The molecule has 0 amide bonds. The number of aliphatic hydroxyl groups excluding tert-OH is 1. The minimum atomic E-state index is -0.576. The minimum Gasteiger partial charge on any atom is -0.495 e. The summed E-state index contributed by atoms with van der Waals surface area (Å²) in [6.07, 6.45) is -1.11. The van der Waals surface area contributed by atoms with Crippen molar-refractivity contribution in [3.05, 3.63) is 84.4 Å². The number of hydrogen-bond donors (Lipinski definition) is 2. The van der Waals surface area contributed by atoms with Gasteiger partial charge in [0.2, 0.25) is 0 Å². The fraction of sp³-hybridized carbons (Fsp3) is 0.400. The van der Waals surface area contributed by atoms with Crippen LogP contribution < -0.4 is 15.0 Å². The van der Waals surface area contributed by atoms with Gasteiger partial charge in [-0.2, -0.15) is 0 Å². The van der Waals surface area contributed by atoms with Gasteiger partial charge in [-0.05, 0) is 28.8 Å². The molecule has 3 aromatic rings. The Balaban J connectivity index is 1.09. The van der Waals surface area contributed by atoms with E-state index >= 15 is 0 Å². The third-order valence-electron chi connectivity index (χ3n) is 7.90. The van der Waals surface area contributed by atoms with Gasteiger partial charge >= 0.3 is 0 Å². The molecular weight excluding hydrogens is 466 g/mol. The average molecular weight is 502 g/mol. The molecule has 3 saturated heterocycles. The SMILES string of the molecule is COc1ccccc1N1CCN([C@H]2[C@@H]3OC[C@@H](O3)[C@@H](NCc3ccc(-c4ccccc4)cc3)[C@@H]2O)CC1. The summed E-state index contributed by atoms with van der Waals surface area (Å²) in [6.45, 7) is 4.51. The first-order chi connectivity index (χ1) is 18.2. The highest BCUT2D eigenvalue weighted by molar-refractivity contribution is 5.63. The number of anilines is 1. The topological polar surface area (TPSA) is 66.4 Å². The third kappa shape index (κ3) is 4.98. The van der Waals surface area contributed by atoms with Crippen LogP contribution in [0.3, 0.4) is 0 Å². The van der Waals surface area contributed by atoms with Crippen LogP contribution in [0.4, 0.5) is 5.69 Å². The predicted molar refractivity (Wildman–Crippen MR) is 144 cm³/mol. The summed E-state index contributed by atoms with van der Waals surface area (Å²) in [5, 5.41) is 15.1. The van der Waals surface area contributed by atoms with E-state index in [2.05, 4.69) is 69.7 Å². The van der Waals surface area contributed by atoms with Gasteiger partial charge in [-0.1, -0.05) is 66.7 Å². The molecule has 3 aromatic carbocycles. The summed E-state index contributed by atoms with van der Waals surface area (Å²) in [5.74, 6) is 0.889. The molecule has 194 valence electrons. The quantitative estimate of drug-likeness (QED) is 0.516. The Bertz CT molecular complexity index is 1170. The molecule has 3 aliphatic heterocycles. The molecule has 7 heteroatoms.